The van der Waals surface area contributed by atoms with Crippen molar-refractivity contribution in [2.24, 2.45) is 0 Å². The first-order valence-electron chi connectivity index (χ1n) is 22.3. The van der Waals surface area contributed by atoms with Crippen molar-refractivity contribution in [1.29, 1.82) is 0 Å². The maximum absolute atomic E-state index is 2.49. The lowest BCUT2D eigenvalue weighted by Gasteiger charge is -2.27. The number of rotatable bonds is 9. The van der Waals surface area contributed by atoms with Crippen molar-refractivity contribution in [3.05, 3.63) is 229 Å². The van der Waals surface area contributed by atoms with Crippen molar-refractivity contribution < 1.29 is 0 Å². The molecule has 0 unspecified atom stereocenters. The minimum atomic E-state index is -0.168. The second kappa shape index (κ2) is 15.5. The van der Waals surface area contributed by atoms with Gasteiger partial charge in [-0.15, -0.1) is 0 Å². The van der Waals surface area contributed by atoms with Gasteiger partial charge in [0.2, 0.25) is 0 Å². The van der Waals surface area contributed by atoms with Gasteiger partial charge in [-0.1, -0.05) is 185 Å². The molecule has 11 aromatic rings. The number of fused-ring (bicyclic) bond motifs is 6. The molecule has 0 fully saturated rings. The van der Waals surface area contributed by atoms with Crippen molar-refractivity contribution in [2.75, 3.05) is 0 Å². The monoisotopic (exact) mass is 810 g/mol. The average Bonchev–Trinajstić information content (AvgIpc) is 3.83. The van der Waals surface area contributed by atoms with Crippen LogP contribution < -0.4 is 0 Å². The van der Waals surface area contributed by atoms with Crippen LogP contribution in [0.1, 0.15) is 50.3 Å². The van der Waals surface area contributed by atoms with E-state index in [-0.39, 0.29) is 5.41 Å². The third kappa shape index (κ3) is 6.84. The largest absolute Gasteiger partial charge is 0.309 e. The SMILES string of the molecule is CC(C)c1ccc(-c2cc3c(cc2CC(C)(C)c2ccc(-n4c5cc(-c6ccccc6)ccc5c5ccc(-c6ccccc6)cc54)cc2)c2ccccc2n3-c2ccccc2)cc1. The first kappa shape index (κ1) is 38.5. The summed E-state index contributed by atoms with van der Waals surface area (Å²) in [5.41, 5.74) is 18.5. The van der Waals surface area contributed by atoms with Crippen molar-refractivity contribution in [1.82, 2.24) is 9.13 Å². The van der Waals surface area contributed by atoms with Crippen LogP contribution in [0.15, 0.2) is 212 Å². The van der Waals surface area contributed by atoms with Gasteiger partial charge in [0.25, 0.3) is 0 Å². The Morgan fingerprint density at radius 2 is 0.857 bits per heavy atom. The van der Waals surface area contributed by atoms with Crippen molar-refractivity contribution in [3.8, 4) is 44.8 Å². The Morgan fingerprint density at radius 3 is 1.44 bits per heavy atom. The Bertz CT molecular complexity index is 3330. The second-order valence-electron chi connectivity index (χ2n) is 18.1. The van der Waals surface area contributed by atoms with Gasteiger partial charge in [-0.05, 0) is 122 Å². The first-order chi connectivity index (χ1) is 30.8. The predicted molar refractivity (Wildman–Crippen MR) is 269 cm³/mol. The lowest BCUT2D eigenvalue weighted by atomic mass is 9.77. The zero-order valence-electron chi connectivity index (χ0n) is 36.4. The summed E-state index contributed by atoms with van der Waals surface area (Å²) >= 11 is 0. The maximum atomic E-state index is 2.49. The van der Waals surface area contributed by atoms with Crippen LogP contribution >= 0.6 is 0 Å². The molecule has 9 aromatic carbocycles. The highest BCUT2D eigenvalue weighted by Gasteiger charge is 2.26. The van der Waals surface area contributed by atoms with Crippen LogP contribution in [0.2, 0.25) is 0 Å². The smallest absolute Gasteiger partial charge is 0.0547 e. The van der Waals surface area contributed by atoms with Crippen LogP contribution in [0.5, 0.6) is 0 Å². The van der Waals surface area contributed by atoms with Gasteiger partial charge in [-0.3, -0.25) is 0 Å². The summed E-state index contributed by atoms with van der Waals surface area (Å²) in [6.45, 7) is 9.35. The third-order valence-corrected chi connectivity index (χ3v) is 13.3. The van der Waals surface area contributed by atoms with E-state index in [0.29, 0.717) is 5.92 Å². The van der Waals surface area contributed by atoms with E-state index >= 15 is 0 Å². The van der Waals surface area contributed by atoms with E-state index in [1.54, 1.807) is 0 Å². The maximum Gasteiger partial charge on any atom is 0.0547 e. The number of hydrogen-bond acceptors (Lipinski definition) is 0. The molecule has 2 aromatic heterocycles. The molecule has 0 saturated heterocycles. The molecule has 63 heavy (non-hydrogen) atoms. The van der Waals surface area contributed by atoms with Gasteiger partial charge < -0.3 is 9.13 Å². The Hall–Kier alpha value is -7.42. The summed E-state index contributed by atoms with van der Waals surface area (Å²) < 4.78 is 4.90. The van der Waals surface area contributed by atoms with Crippen molar-refractivity contribution in [3.63, 3.8) is 0 Å². The van der Waals surface area contributed by atoms with E-state index in [9.17, 15) is 0 Å². The molecule has 0 spiro atoms. The molecular weight excluding hydrogens is 761 g/mol. The highest BCUT2D eigenvalue weighted by atomic mass is 15.0. The molecule has 0 amide bonds. The highest BCUT2D eigenvalue weighted by molar-refractivity contribution is 6.12. The summed E-state index contributed by atoms with van der Waals surface area (Å²) in [4.78, 5) is 0. The molecule has 0 radical (unpaired) electrons. The molecule has 2 heterocycles. The molecule has 0 atom stereocenters. The summed E-state index contributed by atoms with van der Waals surface area (Å²) in [5.74, 6) is 0.475. The van der Waals surface area contributed by atoms with Crippen LogP contribution in [0.3, 0.4) is 0 Å². The third-order valence-electron chi connectivity index (χ3n) is 13.3. The minimum Gasteiger partial charge on any atom is -0.309 e. The summed E-state index contributed by atoms with van der Waals surface area (Å²) in [5, 5.41) is 5.08. The normalized spacial score (nSPS) is 12.0. The molecule has 2 heteroatoms. The molecule has 0 N–H and O–H groups in total. The van der Waals surface area contributed by atoms with Crippen LogP contribution in [-0.4, -0.2) is 9.13 Å². The fourth-order valence-electron chi connectivity index (χ4n) is 9.93. The van der Waals surface area contributed by atoms with Crippen LogP contribution in [0.25, 0.3) is 88.4 Å². The van der Waals surface area contributed by atoms with E-state index in [4.69, 9.17) is 0 Å². The number of nitrogens with zero attached hydrogens (tertiary/aromatic N) is 2. The molecule has 0 aliphatic heterocycles. The van der Waals surface area contributed by atoms with Gasteiger partial charge >= 0.3 is 0 Å². The molecule has 2 nitrogen and oxygen atoms in total. The number of para-hydroxylation sites is 2. The molecule has 11 rings (SSSR count). The molecular formula is C61H50N2. The summed E-state index contributed by atoms with van der Waals surface area (Å²) in [6, 6.07) is 78.6. The number of benzene rings is 9. The number of hydrogen-bond donors (Lipinski definition) is 0. The van der Waals surface area contributed by atoms with Gasteiger partial charge in [0.05, 0.1) is 22.1 Å². The Morgan fingerprint density at radius 1 is 0.381 bits per heavy atom. The molecule has 0 saturated carbocycles. The highest BCUT2D eigenvalue weighted by Crippen LogP contribution is 2.42. The quantitative estimate of drug-likeness (QED) is 0.137. The predicted octanol–water partition coefficient (Wildman–Crippen LogP) is 16.5. The summed E-state index contributed by atoms with van der Waals surface area (Å²) in [7, 11) is 0. The minimum absolute atomic E-state index is 0.168. The van der Waals surface area contributed by atoms with Gasteiger partial charge in [0.1, 0.15) is 0 Å². The lowest BCUT2D eigenvalue weighted by Crippen LogP contribution is -2.21. The zero-order chi connectivity index (χ0) is 42.7. The van der Waals surface area contributed by atoms with Gasteiger partial charge in [0, 0.05) is 32.9 Å². The molecule has 0 bridgehead atoms. The lowest BCUT2D eigenvalue weighted by molar-refractivity contribution is 0.523. The van der Waals surface area contributed by atoms with E-state index in [1.165, 1.54) is 99.4 Å². The fraction of sp³-hybridized carbons (Fsp3) is 0.115. The molecule has 304 valence electrons. The van der Waals surface area contributed by atoms with E-state index < -0.39 is 0 Å². The van der Waals surface area contributed by atoms with E-state index in [2.05, 4.69) is 249 Å². The molecule has 0 aliphatic rings. The van der Waals surface area contributed by atoms with Crippen LogP contribution in [0.4, 0.5) is 0 Å². The van der Waals surface area contributed by atoms with Gasteiger partial charge in [-0.25, -0.2) is 0 Å². The molecule has 0 aliphatic carbocycles. The first-order valence-corrected chi connectivity index (χ1v) is 22.3. The fourth-order valence-corrected chi connectivity index (χ4v) is 9.93. The zero-order valence-corrected chi connectivity index (χ0v) is 36.4. The van der Waals surface area contributed by atoms with E-state index in [0.717, 1.165) is 12.1 Å². The Labute approximate surface area is 370 Å². The topological polar surface area (TPSA) is 9.86 Å². The second-order valence-corrected chi connectivity index (χ2v) is 18.1. The van der Waals surface area contributed by atoms with Gasteiger partial charge in [-0.2, -0.15) is 0 Å². The van der Waals surface area contributed by atoms with E-state index in [1.807, 2.05) is 0 Å². The van der Waals surface area contributed by atoms with Crippen LogP contribution in [0, 0.1) is 0 Å². The standard InChI is InChI=1S/C61H50N2/c1-41(2)42-24-26-45(27-25-42)55-39-60-56(52-22-14-15-23-57(52)62(60)50-20-12-7-13-21-50)36-48(55)40-61(3,4)49-30-32-51(33-31-49)63-58-37-46(43-16-8-5-9-17-43)28-34-53(58)54-35-29-47(38-59(54)63)44-18-10-6-11-19-44/h5-39,41H,40H2,1-4H3. The summed E-state index contributed by atoms with van der Waals surface area (Å²) in [6.07, 6.45) is 0.880. The van der Waals surface area contributed by atoms with Crippen molar-refractivity contribution >= 4 is 43.6 Å². The van der Waals surface area contributed by atoms with Crippen molar-refractivity contribution in [2.45, 2.75) is 45.4 Å². The Kier molecular flexibility index (Phi) is 9.46. The van der Waals surface area contributed by atoms with Crippen LogP contribution in [-0.2, 0) is 11.8 Å². The average molecular weight is 811 g/mol. The van der Waals surface area contributed by atoms with Gasteiger partial charge in [0.15, 0.2) is 0 Å². The number of aromatic nitrogens is 2. The Balaban J connectivity index is 1.04.